The van der Waals surface area contributed by atoms with Gasteiger partial charge < -0.3 is 5.32 Å². The predicted molar refractivity (Wildman–Crippen MR) is 83.9 cm³/mol. The molecule has 20 heavy (non-hydrogen) atoms. The third-order valence-corrected chi connectivity index (χ3v) is 3.87. The molecule has 0 atom stereocenters. The zero-order valence-electron chi connectivity index (χ0n) is 12.9. The number of aryl methyl sites for hydroxylation is 1. The maximum Gasteiger partial charge on any atom is 0.137 e. The summed E-state index contributed by atoms with van der Waals surface area (Å²) in [5, 5.41) is 3.46. The summed E-state index contributed by atoms with van der Waals surface area (Å²) in [4.78, 5) is 0. The molecule has 0 saturated heterocycles. The number of benzene rings is 1. The van der Waals surface area contributed by atoms with E-state index in [-0.39, 0.29) is 21.2 Å². The Labute approximate surface area is 129 Å². The third-order valence-electron chi connectivity index (χ3n) is 3.26. The fraction of sp³-hybridized carbons (Fsp3) is 0.625. The predicted octanol–water partition coefficient (Wildman–Crippen LogP) is 5.07. The zero-order chi connectivity index (χ0) is 15.6. The van der Waals surface area contributed by atoms with Crippen molar-refractivity contribution in [1.29, 1.82) is 0 Å². The number of halogens is 3. The summed E-state index contributed by atoms with van der Waals surface area (Å²) in [6.07, 6.45) is 1.34. The Morgan fingerprint density at radius 1 is 1.05 bits per heavy atom. The molecule has 0 aliphatic heterocycles. The summed E-state index contributed by atoms with van der Waals surface area (Å²) in [7, 11) is 0. The van der Waals surface area contributed by atoms with Crippen LogP contribution in [-0.2, 0) is 6.42 Å². The maximum atomic E-state index is 13.8. The van der Waals surface area contributed by atoms with Crippen molar-refractivity contribution in [3.05, 3.63) is 33.8 Å². The SMILES string of the molecule is CC(C)(CCc1cc(F)c(Br)cc1F)CNC(C)(C)C. The Morgan fingerprint density at radius 3 is 2.20 bits per heavy atom. The van der Waals surface area contributed by atoms with E-state index < -0.39 is 5.82 Å². The van der Waals surface area contributed by atoms with Crippen molar-refractivity contribution < 1.29 is 8.78 Å². The van der Waals surface area contributed by atoms with Crippen LogP contribution >= 0.6 is 15.9 Å². The molecule has 0 saturated carbocycles. The van der Waals surface area contributed by atoms with Crippen molar-refractivity contribution in [3.8, 4) is 0 Å². The summed E-state index contributed by atoms with van der Waals surface area (Å²) < 4.78 is 27.4. The summed E-state index contributed by atoms with van der Waals surface area (Å²) in [5.41, 5.74) is 0.532. The second-order valence-corrected chi connectivity index (χ2v) is 7.98. The molecule has 0 amide bonds. The van der Waals surface area contributed by atoms with E-state index in [2.05, 4.69) is 55.9 Å². The molecule has 0 unspecified atom stereocenters. The Bertz CT molecular complexity index is 464. The molecule has 0 spiro atoms. The van der Waals surface area contributed by atoms with Crippen molar-refractivity contribution >= 4 is 15.9 Å². The maximum absolute atomic E-state index is 13.8. The lowest BCUT2D eigenvalue weighted by Crippen LogP contribution is -2.42. The van der Waals surface area contributed by atoms with E-state index in [4.69, 9.17) is 0 Å². The summed E-state index contributed by atoms with van der Waals surface area (Å²) in [6, 6.07) is 2.48. The smallest absolute Gasteiger partial charge is 0.137 e. The highest BCUT2D eigenvalue weighted by Gasteiger charge is 2.21. The lowest BCUT2D eigenvalue weighted by atomic mass is 9.85. The zero-order valence-corrected chi connectivity index (χ0v) is 14.5. The topological polar surface area (TPSA) is 12.0 Å². The van der Waals surface area contributed by atoms with Gasteiger partial charge >= 0.3 is 0 Å². The normalized spacial score (nSPS) is 12.8. The molecule has 0 aliphatic carbocycles. The quantitative estimate of drug-likeness (QED) is 0.732. The van der Waals surface area contributed by atoms with Crippen LogP contribution < -0.4 is 5.32 Å². The molecule has 1 aromatic carbocycles. The molecule has 1 rings (SSSR count). The van der Waals surface area contributed by atoms with E-state index in [1.54, 1.807) is 0 Å². The van der Waals surface area contributed by atoms with Gasteiger partial charge in [0.1, 0.15) is 11.6 Å². The number of nitrogens with one attached hydrogen (secondary N) is 1. The first-order valence-corrected chi connectivity index (χ1v) is 7.68. The van der Waals surface area contributed by atoms with Crippen LogP contribution in [0.25, 0.3) is 0 Å². The van der Waals surface area contributed by atoms with Gasteiger partial charge in [-0.1, -0.05) is 13.8 Å². The summed E-state index contributed by atoms with van der Waals surface area (Å²) in [6.45, 7) is 11.5. The van der Waals surface area contributed by atoms with E-state index >= 15 is 0 Å². The van der Waals surface area contributed by atoms with Crippen LogP contribution in [0.2, 0.25) is 0 Å². The second kappa shape index (κ2) is 6.52. The minimum absolute atomic E-state index is 0.0310. The average Bonchev–Trinajstić information content (AvgIpc) is 2.29. The van der Waals surface area contributed by atoms with Gasteiger partial charge in [0.25, 0.3) is 0 Å². The molecule has 0 radical (unpaired) electrons. The van der Waals surface area contributed by atoms with E-state index in [1.165, 1.54) is 12.1 Å². The standard InChI is InChI=1S/C16H24BrF2N/c1-15(2,3)20-10-16(4,5)7-6-11-8-14(19)12(17)9-13(11)18/h8-9,20H,6-7,10H2,1-5H3. The molecule has 0 bridgehead atoms. The van der Waals surface area contributed by atoms with Crippen LogP contribution in [0.15, 0.2) is 16.6 Å². The second-order valence-electron chi connectivity index (χ2n) is 7.13. The van der Waals surface area contributed by atoms with Gasteiger partial charge in [0.15, 0.2) is 0 Å². The van der Waals surface area contributed by atoms with Crippen LogP contribution in [0.3, 0.4) is 0 Å². The monoisotopic (exact) mass is 347 g/mol. The van der Waals surface area contributed by atoms with Gasteiger partial charge in [-0.05, 0) is 72.7 Å². The first-order chi connectivity index (χ1) is 9.00. The molecular formula is C16H24BrF2N. The van der Waals surface area contributed by atoms with E-state index in [0.717, 1.165) is 13.0 Å². The lowest BCUT2D eigenvalue weighted by Gasteiger charge is -2.30. The molecule has 1 nitrogen and oxygen atoms in total. The molecule has 4 heteroatoms. The van der Waals surface area contributed by atoms with Gasteiger partial charge in [-0.3, -0.25) is 0 Å². The van der Waals surface area contributed by atoms with Crippen LogP contribution in [0.4, 0.5) is 8.78 Å². The minimum atomic E-state index is -0.410. The van der Waals surface area contributed by atoms with Gasteiger partial charge in [0, 0.05) is 12.1 Å². The Balaban J connectivity index is 2.64. The van der Waals surface area contributed by atoms with Crippen LogP contribution in [0.5, 0.6) is 0 Å². The highest BCUT2D eigenvalue weighted by molar-refractivity contribution is 9.10. The highest BCUT2D eigenvalue weighted by Crippen LogP contribution is 2.26. The molecule has 114 valence electrons. The average molecular weight is 348 g/mol. The van der Waals surface area contributed by atoms with E-state index in [9.17, 15) is 8.78 Å². The minimum Gasteiger partial charge on any atom is -0.312 e. The molecule has 0 heterocycles. The Hall–Kier alpha value is -0.480. The molecule has 1 aromatic rings. The van der Waals surface area contributed by atoms with Crippen LogP contribution in [0, 0.1) is 17.0 Å². The van der Waals surface area contributed by atoms with Crippen LogP contribution in [-0.4, -0.2) is 12.1 Å². The summed E-state index contributed by atoms with van der Waals surface area (Å²) in [5.74, 6) is -0.759. The van der Waals surface area contributed by atoms with Crippen molar-refractivity contribution in [2.75, 3.05) is 6.54 Å². The number of rotatable bonds is 5. The van der Waals surface area contributed by atoms with Crippen molar-refractivity contribution in [3.63, 3.8) is 0 Å². The molecular weight excluding hydrogens is 324 g/mol. The number of hydrogen-bond donors (Lipinski definition) is 1. The first kappa shape index (κ1) is 17.6. The molecule has 0 fully saturated rings. The van der Waals surface area contributed by atoms with Crippen LogP contribution in [0.1, 0.15) is 46.6 Å². The van der Waals surface area contributed by atoms with E-state index in [0.29, 0.717) is 12.0 Å². The van der Waals surface area contributed by atoms with Gasteiger partial charge in [0.2, 0.25) is 0 Å². The fourth-order valence-corrected chi connectivity index (χ4v) is 2.14. The molecule has 1 N–H and O–H groups in total. The van der Waals surface area contributed by atoms with Gasteiger partial charge in [-0.2, -0.15) is 0 Å². The van der Waals surface area contributed by atoms with Crippen molar-refractivity contribution in [2.24, 2.45) is 5.41 Å². The fourth-order valence-electron chi connectivity index (χ4n) is 1.82. The summed E-state index contributed by atoms with van der Waals surface area (Å²) >= 11 is 2.99. The third kappa shape index (κ3) is 5.88. The van der Waals surface area contributed by atoms with Crippen molar-refractivity contribution in [1.82, 2.24) is 5.32 Å². The van der Waals surface area contributed by atoms with Gasteiger partial charge in [-0.25, -0.2) is 8.78 Å². The lowest BCUT2D eigenvalue weighted by molar-refractivity contribution is 0.272. The molecule has 0 aromatic heterocycles. The van der Waals surface area contributed by atoms with Gasteiger partial charge in [-0.15, -0.1) is 0 Å². The first-order valence-electron chi connectivity index (χ1n) is 6.89. The Kier molecular flexibility index (Phi) is 5.73. The highest BCUT2D eigenvalue weighted by atomic mass is 79.9. The van der Waals surface area contributed by atoms with Crippen molar-refractivity contribution in [2.45, 2.75) is 53.0 Å². The largest absolute Gasteiger partial charge is 0.312 e. The molecule has 0 aliphatic rings. The Morgan fingerprint density at radius 2 is 1.65 bits per heavy atom. The van der Waals surface area contributed by atoms with Gasteiger partial charge in [0.05, 0.1) is 4.47 Å². The van der Waals surface area contributed by atoms with E-state index in [1.807, 2.05) is 0 Å². The number of hydrogen-bond acceptors (Lipinski definition) is 1.